The number of halogens is 1. The van der Waals surface area contributed by atoms with Gasteiger partial charge < -0.3 is 15.4 Å². The first-order valence-electron chi connectivity index (χ1n) is 7.19. The van der Waals surface area contributed by atoms with Crippen molar-refractivity contribution in [2.24, 2.45) is 0 Å². The molecule has 1 atom stereocenters. The van der Waals surface area contributed by atoms with Crippen LogP contribution in [0, 0.1) is 0 Å². The molecule has 0 radical (unpaired) electrons. The summed E-state index contributed by atoms with van der Waals surface area (Å²) in [5, 5.41) is 5.46. The van der Waals surface area contributed by atoms with Crippen molar-refractivity contribution in [3.63, 3.8) is 0 Å². The minimum atomic E-state index is -0.541. The van der Waals surface area contributed by atoms with Gasteiger partial charge in [-0.3, -0.25) is 4.79 Å². The Morgan fingerprint density at radius 3 is 2.50 bits per heavy atom. The summed E-state index contributed by atoms with van der Waals surface area (Å²) in [5.41, 5.74) is 0.469. The summed E-state index contributed by atoms with van der Waals surface area (Å²) in [6, 6.07) is 7.63. The molecule has 0 saturated carbocycles. The van der Waals surface area contributed by atoms with E-state index >= 15 is 0 Å². The summed E-state index contributed by atoms with van der Waals surface area (Å²) >= 11 is 3.46. The van der Waals surface area contributed by atoms with E-state index < -0.39 is 11.7 Å². The van der Waals surface area contributed by atoms with Gasteiger partial charge in [0.25, 0.3) is 0 Å². The lowest BCUT2D eigenvalue weighted by Crippen LogP contribution is -2.35. The van der Waals surface area contributed by atoms with E-state index in [0.717, 1.165) is 10.0 Å². The third-order valence-corrected chi connectivity index (χ3v) is 3.49. The van der Waals surface area contributed by atoms with Crippen LogP contribution >= 0.6 is 15.9 Å². The van der Waals surface area contributed by atoms with Crippen molar-refractivity contribution in [2.75, 3.05) is 6.54 Å². The minimum Gasteiger partial charge on any atom is -0.444 e. The fraction of sp³-hybridized carbons (Fsp3) is 0.500. The third-order valence-electron chi connectivity index (χ3n) is 2.77. The SMILES string of the molecule is CC(NC(=O)CCNC(=O)OC(C)(C)C)c1ccccc1Br. The third kappa shape index (κ3) is 6.93. The molecule has 6 heteroatoms. The van der Waals surface area contributed by atoms with Crippen molar-refractivity contribution in [1.82, 2.24) is 10.6 Å². The molecule has 0 aromatic heterocycles. The predicted molar refractivity (Wildman–Crippen MR) is 89.6 cm³/mol. The average Bonchev–Trinajstić information content (AvgIpc) is 2.36. The smallest absolute Gasteiger partial charge is 0.407 e. The zero-order chi connectivity index (χ0) is 16.8. The molecule has 1 unspecified atom stereocenters. The van der Waals surface area contributed by atoms with E-state index in [4.69, 9.17) is 4.74 Å². The molecule has 0 saturated heterocycles. The van der Waals surface area contributed by atoms with Crippen LogP contribution in [0.15, 0.2) is 28.7 Å². The summed E-state index contributed by atoms with van der Waals surface area (Å²) in [4.78, 5) is 23.3. The second-order valence-electron chi connectivity index (χ2n) is 5.99. The Balaban J connectivity index is 2.35. The fourth-order valence-electron chi connectivity index (χ4n) is 1.81. The molecule has 1 aromatic rings. The van der Waals surface area contributed by atoms with Gasteiger partial charge in [0.1, 0.15) is 5.60 Å². The molecule has 1 rings (SSSR count). The maximum atomic E-state index is 11.9. The van der Waals surface area contributed by atoms with Crippen LogP contribution in [-0.2, 0) is 9.53 Å². The number of benzene rings is 1. The molecule has 0 bridgehead atoms. The van der Waals surface area contributed by atoms with E-state index in [0.29, 0.717) is 0 Å². The molecule has 2 amide bonds. The van der Waals surface area contributed by atoms with E-state index in [1.165, 1.54) is 0 Å². The first-order valence-corrected chi connectivity index (χ1v) is 7.99. The van der Waals surface area contributed by atoms with E-state index in [2.05, 4.69) is 26.6 Å². The number of hydrogen-bond acceptors (Lipinski definition) is 3. The van der Waals surface area contributed by atoms with Gasteiger partial charge in [0.15, 0.2) is 0 Å². The molecule has 0 heterocycles. The first-order chi connectivity index (χ1) is 10.2. The molecule has 0 fully saturated rings. The van der Waals surface area contributed by atoms with Crippen LogP contribution in [0.1, 0.15) is 45.7 Å². The van der Waals surface area contributed by atoms with Gasteiger partial charge in [-0.25, -0.2) is 4.79 Å². The lowest BCUT2D eigenvalue weighted by molar-refractivity contribution is -0.121. The lowest BCUT2D eigenvalue weighted by Gasteiger charge is -2.20. The van der Waals surface area contributed by atoms with Crippen LogP contribution in [-0.4, -0.2) is 24.1 Å². The van der Waals surface area contributed by atoms with Crippen molar-refractivity contribution in [3.8, 4) is 0 Å². The van der Waals surface area contributed by atoms with Gasteiger partial charge in [0, 0.05) is 17.4 Å². The number of nitrogens with one attached hydrogen (secondary N) is 2. The van der Waals surface area contributed by atoms with E-state index in [9.17, 15) is 9.59 Å². The second kappa shape index (κ2) is 8.17. The van der Waals surface area contributed by atoms with Gasteiger partial charge in [-0.05, 0) is 39.3 Å². The number of rotatable bonds is 5. The number of hydrogen-bond donors (Lipinski definition) is 2. The van der Waals surface area contributed by atoms with Crippen molar-refractivity contribution in [3.05, 3.63) is 34.3 Å². The maximum Gasteiger partial charge on any atom is 0.407 e. The Kier molecular flexibility index (Phi) is 6.87. The Morgan fingerprint density at radius 1 is 1.27 bits per heavy atom. The molecule has 2 N–H and O–H groups in total. The summed E-state index contributed by atoms with van der Waals surface area (Å²) in [5.74, 6) is -0.126. The fourth-order valence-corrected chi connectivity index (χ4v) is 2.44. The zero-order valence-corrected chi connectivity index (χ0v) is 15.0. The normalized spacial score (nSPS) is 12.4. The Bertz CT molecular complexity index is 526. The number of carbonyl (C=O) groups is 2. The number of alkyl carbamates (subject to hydrolysis) is 1. The predicted octanol–water partition coefficient (Wildman–Crippen LogP) is 3.54. The molecule has 122 valence electrons. The van der Waals surface area contributed by atoms with Crippen LogP contribution < -0.4 is 10.6 Å². The van der Waals surface area contributed by atoms with Crippen molar-refractivity contribution in [2.45, 2.75) is 45.8 Å². The summed E-state index contributed by atoms with van der Waals surface area (Å²) in [7, 11) is 0. The highest BCUT2D eigenvalue weighted by atomic mass is 79.9. The summed E-state index contributed by atoms with van der Waals surface area (Å²) in [6.45, 7) is 7.53. The highest BCUT2D eigenvalue weighted by Crippen LogP contribution is 2.22. The zero-order valence-electron chi connectivity index (χ0n) is 13.4. The molecule has 1 aromatic carbocycles. The summed E-state index contributed by atoms with van der Waals surface area (Å²) in [6.07, 6.45) is -0.312. The molecule has 0 spiro atoms. The van der Waals surface area contributed by atoms with Crippen LogP contribution in [0.25, 0.3) is 0 Å². The van der Waals surface area contributed by atoms with Gasteiger partial charge in [0.2, 0.25) is 5.91 Å². The average molecular weight is 371 g/mol. The largest absolute Gasteiger partial charge is 0.444 e. The van der Waals surface area contributed by atoms with Crippen molar-refractivity contribution >= 4 is 27.9 Å². The number of ether oxygens (including phenoxy) is 1. The summed E-state index contributed by atoms with van der Waals surface area (Å²) < 4.78 is 6.05. The van der Waals surface area contributed by atoms with Gasteiger partial charge in [-0.2, -0.15) is 0 Å². The van der Waals surface area contributed by atoms with Crippen LogP contribution in [0.2, 0.25) is 0 Å². The highest BCUT2D eigenvalue weighted by molar-refractivity contribution is 9.10. The minimum absolute atomic E-state index is 0.107. The quantitative estimate of drug-likeness (QED) is 0.832. The number of carbonyl (C=O) groups excluding carboxylic acids is 2. The van der Waals surface area contributed by atoms with Crippen molar-refractivity contribution < 1.29 is 14.3 Å². The molecular formula is C16H23BrN2O3. The molecule has 0 aliphatic heterocycles. The topological polar surface area (TPSA) is 67.4 Å². The molecular weight excluding hydrogens is 348 g/mol. The Morgan fingerprint density at radius 2 is 1.91 bits per heavy atom. The van der Waals surface area contributed by atoms with E-state index in [1.54, 1.807) is 20.8 Å². The van der Waals surface area contributed by atoms with E-state index in [1.807, 2.05) is 31.2 Å². The lowest BCUT2D eigenvalue weighted by atomic mass is 10.1. The van der Waals surface area contributed by atoms with Crippen LogP contribution in [0.3, 0.4) is 0 Å². The maximum absolute atomic E-state index is 11.9. The van der Waals surface area contributed by atoms with Gasteiger partial charge >= 0.3 is 6.09 Å². The van der Waals surface area contributed by atoms with Gasteiger partial charge in [-0.1, -0.05) is 34.1 Å². The molecule has 22 heavy (non-hydrogen) atoms. The highest BCUT2D eigenvalue weighted by Gasteiger charge is 2.16. The number of amides is 2. The van der Waals surface area contributed by atoms with Crippen molar-refractivity contribution in [1.29, 1.82) is 0 Å². The van der Waals surface area contributed by atoms with Crippen LogP contribution in [0.5, 0.6) is 0 Å². The van der Waals surface area contributed by atoms with Crippen LogP contribution in [0.4, 0.5) is 4.79 Å². The molecule has 5 nitrogen and oxygen atoms in total. The first kappa shape index (κ1) is 18.5. The van der Waals surface area contributed by atoms with E-state index in [-0.39, 0.29) is 24.9 Å². The molecule has 0 aliphatic carbocycles. The Labute approximate surface area is 139 Å². The molecule has 0 aliphatic rings. The standard InChI is InChI=1S/C16H23BrN2O3/c1-11(12-7-5-6-8-13(12)17)19-14(20)9-10-18-15(21)22-16(2,3)4/h5-8,11H,9-10H2,1-4H3,(H,18,21)(H,19,20). The monoisotopic (exact) mass is 370 g/mol. The van der Waals surface area contributed by atoms with Gasteiger partial charge in [-0.15, -0.1) is 0 Å². The second-order valence-corrected chi connectivity index (χ2v) is 6.84. The Hall–Kier alpha value is -1.56. The van der Waals surface area contributed by atoms with Gasteiger partial charge in [0.05, 0.1) is 6.04 Å².